The molecule has 0 bridgehead atoms. The Morgan fingerprint density at radius 1 is 0.964 bits per heavy atom. The maximum Gasteiger partial charge on any atom is 0.270 e. The van der Waals surface area contributed by atoms with Gasteiger partial charge in [0.1, 0.15) is 29.0 Å². The Morgan fingerprint density at radius 2 is 1.71 bits per heavy atom. The molecular weight excluding hydrogens is 716 g/mol. The maximum absolute atomic E-state index is 15.6. The van der Waals surface area contributed by atoms with Gasteiger partial charge in [0.2, 0.25) is 23.7 Å². The van der Waals surface area contributed by atoms with E-state index < -0.39 is 23.2 Å². The van der Waals surface area contributed by atoms with Gasteiger partial charge >= 0.3 is 0 Å². The molecule has 0 radical (unpaired) electrons. The summed E-state index contributed by atoms with van der Waals surface area (Å²) in [5, 5.41) is 6.42. The molecule has 1 spiro atoms. The molecule has 56 heavy (non-hydrogen) atoms. The Balaban J connectivity index is 0.862. The second-order valence-electron chi connectivity index (χ2n) is 16.9. The zero-order chi connectivity index (χ0) is 39.1. The van der Waals surface area contributed by atoms with Crippen molar-refractivity contribution < 1.29 is 23.6 Å². The van der Waals surface area contributed by atoms with Crippen molar-refractivity contribution in [1.29, 1.82) is 0 Å². The molecule has 5 aliphatic rings. The number of hydrogen-bond acceptors (Lipinski definition) is 10. The normalized spacial score (nSPS) is 21.8. The van der Waals surface area contributed by atoms with Gasteiger partial charge in [-0.3, -0.25) is 29.4 Å². The molecule has 2 N–H and O–H groups in total. The zero-order valence-corrected chi connectivity index (χ0v) is 32.3. The van der Waals surface area contributed by atoms with E-state index in [2.05, 4.69) is 36.1 Å². The zero-order valence-electron chi connectivity index (χ0n) is 32.3. The number of carbonyl (C=O) groups is 4. The number of hydrogen-bond donors (Lipinski definition) is 2. The largest absolute Gasteiger partial charge is 0.370 e. The number of benzene rings is 1. The standard InChI is InChI=1S/C41H47FN10O4/c1-40(2)33-28(11-10-27(42)34(33)52(38(40)56)29-12-14-32(53)46-36(29)54)50-22-41(23-50)15-17-49(18-16-41)26-9-13-31(43-21-26)45-39-44-20-24-19-30(37(55)48(3)4)51(35(24)47-39)25-7-5-6-8-25/h9-11,13,19-21,25,29H,5-8,12,14-18,22-23H2,1-4H3,(H,46,53,54)(H,43,44,45,47)/t29-/m1/s1. The number of rotatable bonds is 7. The number of carbonyl (C=O) groups excluding carboxylic acids is 4. The Morgan fingerprint density at radius 3 is 2.39 bits per heavy atom. The molecular formula is C41H47FN10O4. The van der Waals surface area contributed by atoms with E-state index >= 15 is 4.39 Å². The Bertz CT molecular complexity index is 2270. The molecule has 1 aromatic carbocycles. The predicted molar refractivity (Wildman–Crippen MR) is 210 cm³/mol. The molecule has 4 aromatic rings. The number of nitrogens with zero attached hydrogens (tertiary/aromatic N) is 8. The fourth-order valence-electron chi connectivity index (χ4n) is 9.65. The fraction of sp³-hybridized carbons (Fsp3) is 0.488. The predicted octanol–water partition coefficient (Wildman–Crippen LogP) is 5.06. The van der Waals surface area contributed by atoms with Crippen molar-refractivity contribution in [2.45, 2.75) is 82.7 Å². The lowest BCUT2D eigenvalue weighted by molar-refractivity contribution is -0.136. The molecule has 292 valence electrons. The van der Waals surface area contributed by atoms with Gasteiger partial charge < -0.3 is 24.6 Å². The first-order chi connectivity index (χ1) is 26.8. The highest BCUT2D eigenvalue weighted by Crippen LogP contribution is 2.53. The van der Waals surface area contributed by atoms with Crippen LogP contribution in [0.25, 0.3) is 11.0 Å². The second kappa shape index (κ2) is 13.3. The van der Waals surface area contributed by atoms with Crippen LogP contribution in [-0.2, 0) is 19.8 Å². The van der Waals surface area contributed by atoms with Gasteiger partial charge in [-0.1, -0.05) is 12.8 Å². The number of fused-ring (bicyclic) bond motifs is 2. The second-order valence-corrected chi connectivity index (χ2v) is 16.9. The minimum absolute atomic E-state index is 0.0437. The fourth-order valence-corrected chi connectivity index (χ4v) is 9.65. The smallest absolute Gasteiger partial charge is 0.270 e. The SMILES string of the molecule is CN(C)C(=O)c1cc2cnc(Nc3ccc(N4CCC5(CC4)CN(c4ccc(F)c6c4C(C)(C)C(=O)N6[C@@H]4CCC(=O)NC4=O)C5)cn3)nc2n1C1CCCC1. The van der Waals surface area contributed by atoms with Crippen LogP contribution < -0.4 is 25.3 Å². The lowest BCUT2D eigenvalue weighted by atomic mass is 9.71. The Hall–Kier alpha value is -5.60. The third-order valence-corrected chi connectivity index (χ3v) is 12.7. The Kier molecular flexibility index (Phi) is 8.54. The molecule has 4 amide bonds. The Labute approximate surface area is 324 Å². The minimum atomic E-state index is -1.04. The molecule has 3 aromatic heterocycles. The van der Waals surface area contributed by atoms with E-state index in [0.717, 1.165) is 87.1 Å². The van der Waals surface area contributed by atoms with Gasteiger partial charge in [-0.25, -0.2) is 14.4 Å². The number of aromatic nitrogens is 4. The maximum atomic E-state index is 15.6. The average molecular weight is 763 g/mol. The summed E-state index contributed by atoms with van der Waals surface area (Å²) in [5.41, 5.74) is 3.08. The van der Waals surface area contributed by atoms with Crippen LogP contribution in [0, 0.1) is 11.2 Å². The van der Waals surface area contributed by atoms with Gasteiger partial charge in [0.15, 0.2) is 0 Å². The molecule has 15 heteroatoms. The lowest BCUT2D eigenvalue weighted by Crippen LogP contribution is -2.61. The first kappa shape index (κ1) is 36.1. The van der Waals surface area contributed by atoms with Gasteiger partial charge in [0.05, 0.1) is 23.0 Å². The quantitative estimate of drug-likeness (QED) is 0.245. The summed E-state index contributed by atoms with van der Waals surface area (Å²) in [7, 11) is 3.54. The topological polar surface area (TPSA) is 149 Å². The van der Waals surface area contributed by atoms with Crippen molar-refractivity contribution >= 4 is 63.5 Å². The lowest BCUT2D eigenvalue weighted by Gasteiger charge is -2.56. The van der Waals surface area contributed by atoms with Gasteiger partial charge in [0, 0.05) is 81.0 Å². The summed E-state index contributed by atoms with van der Waals surface area (Å²) in [4.78, 5) is 73.2. The van der Waals surface area contributed by atoms with Crippen LogP contribution in [0.15, 0.2) is 42.7 Å². The molecule has 1 saturated carbocycles. The van der Waals surface area contributed by atoms with Crippen LogP contribution in [0.1, 0.15) is 87.3 Å². The van der Waals surface area contributed by atoms with E-state index in [1.807, 2.05) is 18.3 Å². The van der Waals surface area contributed by atoms with Gasteiger partial charge in [0.25, 0.3) is 5.91 Å². The molecule has 7 heterocycles. The molecule has 1 atom stereocenters. The molecule has 14 nitrogen and oxygen atoms in total. The number of anilines is 5. The van der Waals surface area contributed by atoms with E-state index in [1.165, 1.54) is 11.0 Å². The number of pyridine rings is 1. The third-order valence-electron chi connectivity index (χ3n) is 12.7. The first-order valence-electron chi connectivity index (χ1n) is 19.7. The van der Waals surface area contributed by atoms with Crippen molar-refractivity contribution in [2.75, 3.05) is 60.3 Å². The summed E-state index contributed by atoms with van der Waals surface area (Å²) in [6, 6.07) is 8.35. The van der Waals surface area contributed by atoms with Crippen LogP contribution >= 0.6 is 0 Å². The third kappa shape index (κ3) is 5.84. The highest BCUT2D eigenvalue weighted by Gasteiger charge is 2.54. The molecule has 0 unspecified atom stereocenters. The molecule has 1 aliphatic carbocycles. The van der Waals surface area contributed by atoms with Gasteiger partial charge in [-0.05, 0) is 76.3 Å². The van der Waals surface area contributed by atoms with E-state index in [9.17, 15) is 19.2 Å². The average Bonchev–Trinajstić information content (AvgIpc) is 3.88. The summed E-state index contributed by atoms with van der Waals surface area (Å²) < 4.78 is 17.7. The van der Waals surface area contributed by atoms with Crippen LogP contribution in [-0.4, -0.2) is 94.4 Å². The van der Waals surface area contributed by atoms with E-state index in [-0.39, 0.29) is 47.7 Å². The van der Waals surface area contributed by atoms with E-state index in [1.54, 1.807) is 45.1 Å². The van der Waals surface area contributed by atoms with Crippen molar-refractivity contribution in [3.63, 3.8) is 0 Å². The summed E-state index contributed by atoms with van der Waals surface area (Å²) in [5.74, 6) is -0.806. The van der Waals surface area contributed by atoms with Crippen LogP contribution in [0.3, 0.4) is 0 Å². The molecule has 9 rings (SSSR count). The summed E-state index contributed by atoms with van der Waals surface area (Å²) >= 11 is 0. The van der Waals surface area contributed by atoms with Crippen LogP contribution in [0.5, 0.6) is 0 Å². The van der Waals surface area contributed by atoms with Crippen LogP contribution in [0.2, 0.25) is 0 Å². The highest BCUT2D eigenvalue weighted by molar-refractivity contribution is 6.15. The van der Waals surface area contributed by atoms with Crippen molar-refractivity contribution in [2.24, 2.45) is 5.41 Å². The summed E-state index contributed by atoms with van der Waals surface area (Å²) in [6.07, 6.45) is 10.2. The first-order valence-corrected chi connectivity index (χ1v) is 19.7. The minimum Gasteiger partial charge on any atom is -0.370 e. The number of imide groups is 1. The number of nitrogens with one attached hydrogen (secondary N) is 2. The monoisotopic (exact) mass is 762 g/mol. The number of halogens is 1. The van der Waals surface area contributed by atoms with E-state index in [0.29, 0.717) is 23.0 Å². The van der Waals surface area contributed by atoms with Gasteiger partial charge in [-0.15, -0.1) is 0 Å². The number of piperidine rings is 2. The number of amides is 4. The molecule has 4 aliphatic heterocycles. The van der Waals surface area contributed by atoms with Crippen molar-refractivity contribution in [1.82, 2.24) is 29.7 Å². The highest BCUT2D eigenvalue weighted by atomic mass is 19.1. The van der Waals surface area contributed by atoms with Gasteiger partial charge in [-0.2, -0.15) is 4.98 Å². The molecule has 4 fully saturated rings. The summed E-state index contributed by atoms with van der Waals surface area (Å²) in [6.45, 7) is 6.89. The molecule has 3 saturated heterocycles. The van der Waals surface area contributed by atoms with Crippen LogP contribution in [0.4, 0.5) is 33.2 Å². The van der Waals surface area contributed by atoms with Crippen molar-refractivity contribution in [3.05, 3.63) is 59.8 Å². The van der Waals surface area contributed by atoms with Crippen molar-refractivity contribution in [3.8, 4) is 0 Å². The van der Waals surface area contributed by atoms with E-state index in [4.69, 9.17) is 9.97 Å².